The number of hydrogen-bond acceptors (Lipinski definition) is 3. The Hall–Kier alpha value is -0.740. The number of benzene rings is 1. The highest BCUT2D eigenvalue weighted by Crippen LogP contribution is 2.38. The molecule has 1 aromatic carbocycles. The number of methoxy groups -OCH3 is 2. The fourth-order valence-corrected chi connectivity index (χ4v) is 4.74. The first-order chi connectivity index (χ1) is 10.7. The van der Waals surface area contributed by atoms with E-state index in [0.717, 1.165) is 34.5 Å². The van der Waals surface area contributed by atoms with E-state index in [1.165, 1.54) is 50.6 Å². The van der Waals surface area contributed by atoms with Crippen LogP contribution in [0.15, 0.2) is 16.6 Å². The normalized spacial score (nSPS) is 25.6. The molecule has 0 spiro atoms. The maximum absolute atomic E-state index is 5.59. The third-order valence-electron chi connectivity index (χ3n) is 5.29. The van der Waals surface area contributed by atoms with Crippen LogP contribution in [0, 0.1) is 5.92 Å². The maximum atomic E-state index is 5.59. The van der Waals surface area contributed by atoms with Crippen molar-refractivity contribution >= 4 is 15.9 Å². The predicted molar refractivity (Wildman–Crippen MR) is 92.6 cm³/mol. The van der Waals surface area contributed by atoms with Gasteiger partial charge in [-0.25, -0.2) is 0 Å². The highest BCUT2D eigenvalue weighted by molar-refractivity contribution is 9.10. The molecule has 122 valence electrons. The van der Waals surface area contributed by atoms with Gasteiger partial charge in [0.2, 0.25) is 0 Å². The smallest absolute Gasteiger partial charge is 0.136 e. The van der Waals surface area contributed by atoms with Crippen molar-refractivity contribution in [3.05, 3.63) is 22.2 Å². The van der Waals surface area contributed by atoms with Gasteiger partial charge in [0.1, 0.15) is 11.5 Å². The van der Waals surface area contributed by atoms with Crippen molar-refractivity contribution in [2.24, 2.45) is 5.92 Å². The average molecular weight is 368 g/mol. The van der Waals surface area contributed by atoms with Crippen molar-refractivity contribution in [3.63, 3.8) is 0 Å². The van der Waals surface area contributed by atoms with Crippen LogP contribution < -0.4 is 9.47 Å². The number of hydrogen-bond donors (Lipinski definition) is 0. The highest BCUT2D eigenvalue weighted by atomic mass is 79.9. The van der Waals surface area contributed by atoms with Gasteiger partial charge < -0.3 is 9.47 Å². The van der Waals surface area contributed by atoms with Crippen LogP contribution in [-0.4, -0.2) is 31.7 Å². The van der Waals surface area contributed by atoms with Crippen molar-refractivity contribution in [2.45, 2.75) is 51.1 Å². The molecular weight excluding hydrogens is 342 g/mol. The monoisotopic (exact) mass is 367 g/mol. The molecule has 0 radical (unpaired) electrons. The van der Waals surface area contributed by atoms with E-state index in [1.807, 2.05) is 6.07 Å². The van der Waals surface area contributed by atoms with Crippen molar-refractivity contribution < 1.29 is 9.47 Å². The van der Waals surface area contributed by atoms with Crippen molar-refractivity contribution in [3.8, 4) is 11.5 Å². The van der Waals surface area contributed by atoms with Crippen LogP contribution in [0.1, 0.15) is 44.1 Å². The third kappa shape index (κ3) is 3.28. The molecule has 1 saturated carbocycles. The Balaban J connectivity index is 1.80. The summed E-state index contributed by atoms with van der Waals surface area (Å²) in [5, 5.41) is 0. The van der Waals surface area contributed by atoms with E-state index in [9.17, 15) is 0 Å². The lowest BCUT2D eigenvalue weighted by Crippen LogP contribution is -2.46. The third-order valence-corrected chi connectivity index (χ3v) is 5.91. The molecule has 0 unspecified atom stereocenters. The van der Waals surface area contributed by atoms with E-state index in [0.29, 0.717) is 0 Å². The molecule has 1 aliphatic heterocycles. The fourth-order valence-electron chi connectivity index (χ4n) is 4.19. The van der Waals surface area contributed by atoms with Crippen LogP contribution in [0.25, 0.3) is 0 Å². The van der Waals surface area contributed by atoms with Crippen LogP contribution >= 0.6 is 15.9 Å². The summed E-state index contributed by atoms with van der Waals surface area (Å²) in [5.41, 5.74) is 1.25. The van der Waals surface area contributed by atoms with E-state index < -0.39 is 0 Å². The summed E-state index contributed by atoms with van der Waals surface area (Å²) in [6.07, 6.45) is 8.36. The van der Waals surface area contributed by atoms with E-state index in [-0.39, 0.29) is 0 Å². The minimum Gasteiger partial charge on any atom is -0.496 e. The molecule has 1 aliphatic carbocycles. The molecule has 0 bridgehead atoms. The molecule has 2 aliphatic rings. The minimum atomic E-state index is 0.771. The molecule has 0 aromatic heterocycles. The van der Waals surface area contributed by atoms with Crippen LogP contribution in [0.5, 0.6) is 11.5 Å². The minimum absolute atomic E-state index is 0.771. The molecule has 2 atom stereocenters. The van der Waals surface area contributed by atoms with Gasteiger partial charge in [0, 0.05) is 24.2 Å². The fraction of sp³-hybridized carbons (Fsp3) is 0.667. The van der Waals surface area contributed by atoms with Crippen molar-refractivity contribution in [2.75, 3.05) is 20.8 Å². The summed E-state index contributed by atoms with van der Waals surface area (Å²) < 4.78 is 12.0. The van der Waals surface area contributed by atoms with Crippen LogP contribution in [0.4, 0.5) is 0 Å². The Labute approximate surface area is 142 Å². The molecular formula is C18H26BrNO2. The summed E-state index contributed by atoms with van der Waals surface area (Å²) in [4.78, 5) is 2.68. The van der Waals surface area contributed by atoms with Gasteiger partial charge in [-0.2, -0.15) is 0 Å². The zero-order valence-electron chi connectivity index (χ0n) is 13.6. The predicted octanol–water partition coefficient (Wildman–Crippen LogP) is 4.62. The Morgan fingerprint density at radius 3 is 2.55 bits per heavy atom. The summed E-state index contributed by atoms with van der Waals surface area (Å²) in [6.45, 7) is 2.20. The summed E-state index contributed by atoms with van der Waals surface area (Å²) >= 11 is 3.61. The van der Waals surface area contributed by atoms with E-state index in [1.54, 1.807) is 14.2 Å². The van der Waals surface area contributed by atoms with Gasteiger partial charge in [0.05, 0.1) is 18.7 Å². The number of rotatable bonds is 4. The molecule has 3 nitrogen and oxygen atoms in total. The van der Waals surface area contributed by atoms with Crippen LogP contribution in [0.3, 0.4) is 0 Å². The second kappa shape index (κ2) is 7.22. The lowest BCUT2D eigenvalue weighted by Gasteiger charge is -2.44. The van der Waals surface area contributed by atoms with Gasteiger partial charge in [-0.1, -0.05) is 12.8 Å². The lowest BCUT2D eigenvalue weighted by molar-refractivity contribution is 0.0541. The number of piperidine rings is 1. The first kappa shape index (κ1) is 16.1. The zero-order chi connectivity index (χ0) is 15.5. The molecule has 22 heavy (non-hydrogen) atoms. The average Bonchev–Trinajstić information content (AvgIpc) is 2.55. The first-order valence-corrected chi connectivity index (χ1v) is 9.16. The summed E-state index contributed by atoms with van der Waals surface area (Å²) in [6, 6.07) is 4.92. The molecule has 3 rings (SSSR count). The molecule has 1 heterocycles. The van der Waals surface area contributed by atoms with E-state index in [4.69, 9.17) is 9.47 Å². The first-order valence-electron chi connectivity index (χ1n) is 8.37. The van der Waals surface area contributed by atoms with Gasteiger partial charge >= 0.3 is 0 Å². The number of halogens is 1. The zero-order valence-corrected chi connectivity index (χ0v) is 15.2. The molecule has 4 heteroatoms. The van der Waals surface area contributed by atoms with E-state index in [2.05, 4.69) is 26.9 Å². The Morgan fingerprint density at radius 2 is 1.77 bits per heavy atom. The molecule has 1 aromatic rings. The number of likely N-dealkylation sites (tertiary alicyclic amines) is 1. The standard InChI is InChI=1S/C18H26BrNO2/c1-21-17-11-18(22-2)15(19)10-14(17)12-20-9-5-7-13-6-3-4-8-16(13)20/h10-11,13,16H,3-9,12H2,1-2H3/t13-,16+/m1/s1. The molecule has 1 saturated heterocycles. The van der Waals surface area contributed by atoms with Gasteiger partial charge in [-0.05, 0) is 60.1 Å². The van der Waals surface area contributed by atoms with Gasteiger partial charge in [-0.3, -0.25) is 4.90 Å². The molecule has 2 fully saturated rings. The van der Waals surface area contributed by atoms with Gasteiger partial charge in [0.15, 0.2) is 0 Å². The van der Waals surface area contributed by atoms with E-state index >= 15 is 0 Å². The quantitative estimate of drug-likeness (QED) is 0.774. The largest absolute Gasteiger partial charge is 0.496 e. The van der Waals surface area contributed by atoms with Crippen molar-refractivity contribution in [1.82, 2.24) is 4.90 Å². The van der Waals surface area contributed by atoms with Crippen molar-refractivity contribution in [1.29, 1.82) is 0 Å². The topological polar surface area (TPSA) is 21.7 Å². The number of ether oxygens (including phenoxy) is 2. The summed E-state index contributed by atoms with van der Waals surface area (Å²) in [5.74, 6) is 2.67. The number of fused-ring (bicyclic) bond motifs is 1. The SMILES string of the molecule is COc1cc(OC)c(CN2CCC[C@H]3CCCC[C@@H]32)cc1Br. The summed E-state index contributed by atoms with van der Waals surface area (Å²) in [7, 11) is 3.43. The molecule has 0 N–H and O–H groups in total. The Morgan fingerprint density at radius 1 is 1.05 bits per heavy atom. The maximum Gasteiger partial charge on any atom is 0.136 e. The highest BCUT2D eigenvalue weighted by Gasteiger charge is 2.33. The Kier molecular flexibility index (Phi) is 5.29. The van der Waals surface area contributed by atoms with Crippen LogP contribution in [-0.2, 0) is 6.54 Å². The Bertz CT molecular complexity index is 518. The lowest BCUT2D eigenvalue weighted by atomic mass is 9.78. The van der Waals surface area contributed by atoms with Gasteiger partial charge in [-0.15, -0.1) is 0 Å². The van der Waals surface area contributed by atoms with Gasteiger partial charge in [0.25, 0.3) is 0 Å². The number of nitrogens with zero attached hydrogens (tertiary/aromatic N) is 1. The van der Waals surface area contributed by atoms with Crippen LogP contribution in [0.2, 0.25) is 0 Å². The second-order valence-electron chi connectivity index (χ2n) is 6.52. The molecule has 0 amide bonds. The second-order valence-corrected chi connectivity index (χ2v) is 7.38.